The van der Waals surface area contributed by atoms with E-state index < -0.39 is 0 Å². The minimum atomic E-state index is 0. The second-order valence-electron chi connectivity index (χ2n) is 3.88. The molecule has 4 nitrogen and oxygen atoms in total. The molecule has 106 valence electrons. The first-order chi connectivity index (χ1) is 9.27. The predicted molar refractivity (Wildman–Crippen MR) is 76.3 cm³/mol. The molecular formula is C15H14N2O2Pt. The maximum Gasteiger partial charge on any atom is 0.129 e. The number of phenols is 2. The van der Waals surface area contributed by atoms with Gasteiger partial charge in [0.25, 0.3) is 0 Å². The van der Waals surface area contributed by atoms with E-state index in [2.05, 4.69) is 9.98 Å². The minimum Gasteiger partial charge on any atom is -0.507 e. The van der Waals surface area contributed by atoms with Crippen LogP contribution in [0.15, 0.2) is 58.5 Å². The maximum absolute atomic E-state index is 9.52. The molecule has 0 unspecified atom stereocenters. The van der Waals surface area contributed by atoms with E-state index in [1.54, 1.807) is 48.8 Å². The summed E-state index contributed by atoms with van der Waals surface area (Å²) in [4.78, 5) is 8.17. The molecule has 0 fully saturated rings. The van der Waals surface area contributed by atoms with Gasteiger partial charge in [0, 0.05) is 44.6 Å². The van der Waals surface area contributed by atoms with Crippen molar-refractivity contribution in [1.29, 1.82) is 0 Å². The molecule has 0 atom stereocenters. The number of para-hydroxylation sites is 2. The van der Waals surface area contributed by atoms with Crippen molar-refractivity contribution >= 4 is 12.4 Å². The summed E-state index contributed by atoms with van der Waals surface area (Å²) < 4.78 is 0. The molecule has 0 radical (unpaired) electrons. The van der Waals surface area contributed by atoms with Gasteiger partial charge in [0.1, 0.15) is 18.2 Å². The van der Waals surface area contributed by atoms with Crippen molar-refractivity contribution in [3.8, 4) is 11.5 Å². The zero-order valence-electron chi connectivity index (χ0n) is 10.6. The predicted octanol–water partition coefficient (Wildman–Crippen LogP) is 2.59. The quantitative estimate of drug-likeness (QED) is 0.705. The fourth-order valence-corrected chi connectivity index (χ4v) is 1.52. The molecule has 0 heterocycles. The fraction of sp³-hybridized carbons (Fsp3) is 0.0667. The van der Waals surface area contributed by atoms with Gasteiger partial charge >= 0.3 is 0 Å². The van der Waals surface area contributed by atoms with Crippen LogP contribution in [0.1, 0.15) is 11.1 Å². The van der Waals surface area contributed by atoms with Crippen molar-refractivity contribution in [2.45, 2.75) is 0 Å². The number of hydrogen-bond acceptors (Lipinski definition) is 4. The first kappa shape index (κ1) is 16.1. The number of benzene rings is 2. The van der Waals surface area contributed by atoms with Crippen LogP contribution >= 0.6 is 0 Å². The van der Waals surface area contributed by atoms with Crippen molar-refractivity contribution < 1.29 is 31.3 Å². The third kappa shape index (κ3) is 4.63. The van der Waals surface area contributed by atoms with Gasteiger partial charge in [-0.2, -0.15) is 0 Å². The van der Waals surface area contributed by atoms with Gasteiger partial charge in [-0.3, -0.25) is 9.98 Å². The Kier molecular flexibility index (Phi) is 6.68. The van der Waals surface area contributed by atoms with Crippen LogP contribution in [0.5, 0.6) is 11.5 Å². The average molecular weight is 449 g/mol. The zero-order chi connectivity index (χ0) is 13.5. The van der Waals surface area contributed by atoms with Crippen molar-refractivity contribution in [2.24, 2.45) is 9.98 Å². The van der Waals surface area contributed by atoms with Crippen LogP contribution in [-0.4, -0.2) is 29.3 Å². The van der Waals surface area contributed by atoms with Crippen LogP contribution in [0.4, 0.5) is 0 Å². The molecule has 2 aromatic rings. The summed E-state index contributed by atoms with van der Waals surface area (Å²) in [5.41, 5.74) is 1.31. The van der Waals surface area contributed by atoms with Gasteiger partial charge in [0.2, 0.25) is 0 Å². The molecule has 0 amide bonds. The van der Waals surface area contributed by atoms with Gasteiger partial charge in [-0.05, 0) is 24.3 Å². The normalized spacial score (nSPS) is 10.8. The third-order valence-electron chi connectivity index (χ3n) is 2.50. The van der Waals surface area contributed by atoms with E-state index in [0.717, 1.165) is 0 Å². The molecule has 0 bridgehead atoms. The second-order valence-corrected chi connectivity index (χ2v) is 3.88. The van der Waals surface area contributed by atoms with E-state index in [1.807, 2.05) is 12.1 Å². The Morgan fingerprint density at radius 3 is 1.55 bits per heavy atom. The standard InChI is InChI=1S/C15H14N2O2.Pt/c18-14-7-3-1-5-12(14)9-16-11-17-10-13-6-2-4-8-15(13)19;/h1-10,18-19H,11H2;. The van der Waals surface area contributed by atoms with Crippen LogP contribution in [0.3, 0.4) is 0 Å². The molecule has 2 rings (SSSR count). The summed E-state index contributed by atoms with van der Waals surface area (Å²) in [6.07, 6.45) is 3.13. The summed E-state index contributed by atoms with van der Waals surface area (Å²) >= 11 is 0. The second kappa shape index (κ2) is 8.28. The Morgan fingerprint density at radius 1 is 0.750 bits per heavy atom. The smallest absolute Gasteiger partial charge is 0.129 e. The Bertz CT molecular complexity index is 559. The summed E-state index contributed by atoms with van der Waals surface area (Å²) in [5, 5.41) is 19.0. The molecule has 0 spiro atoms. The number of phenolic OH excluding ortho intramolecular Hbond substituents is 2. The van der Waals surface area contributed by atoms with E-state index in [0.29, 0.717) is 11.1 Å². The molecule has 20 heavy (non-hydrogen) atoms. The Morgan fingerprint density at radius 2 is 1.15 bits per heavy atom. The topological polar surface area (TPSA) is 65.2 Å². The Balaban J connectivity index is 0.00000200. The van der Waals surface area contributed by atoms with Crippen molar-refractivity contribution in [3.63, 3.8) is 0 Å². The SMILES string of the molecule is Oc1ccccc1C=NCN=Cc1ccccc1O.[Pt]. The van der Waals surface area contributed by atoms with Crippen LogP contribution in [0, 0.1) is 0 Å². The number of aromatic hydroxyl groups is 2. The van der Waals surface area contributed by atoms with E-state index in [4.69, 9.17) is 0 Å². The van der Waals surface area contributed by atoms with Gasteiger partial charge in [-0.1, -0.05) is 24.3 Å². The van der Waals surface area contributed by atoms with Gasteiger partial charge in [0.05, 0.1) is 0 Å². The van der Waals surface area contributed by atoms with Crippen LogP contribution < -0.4 is 0 Å². The molecule has 0 saturated heterocycles. The van der Waals surface area contributed by atoms with Crippen LogP contribution in [0.2, 0.25) is 0 Å². The molecule has 0 aliphatic carbocycles. The molecule has 0 saturated carbocycles. The minimum absolute atomic E-state index is 0. The van der Waals surface area contributed by atoms with Crippen molar-refractivity contribution in [3.05, 3.63) is 59.7 Å². The maximum atomic E-state index is 9.52. The molecule has 0 aromatic heterocycles. The van der Waals surface area contributed by atoms with E-state index in [1.165, 1.54) is 0 Å². The monoisotopic (exact) mass is 449 g/mol. The largest absolute Gasteiger partial charge is 0.507 e. The Hall–Kier alpha value is -1.93. The zero-order valence-corrected chi connectivity index (χ0v) is 12.9. The molecular weight excluding hydrogens is 435 g/mol. The molecule has 2 aromatic carbocycles. The van der Waals surface area contributed by atoms with Crippen LogP contribution in [-0.2, 0) is 21.1 Å². The average Bonchev–Trinajstić information content (AvgIpc) is 2.42. The fourth-order valence-electron chi connectivity index (χ4n) is 1.52. The van der Waals surface area contributed by atoms with Crippen molar-refractivity contribution in [2.75, 3.05) is 6.67 Å². The summed E-state index contributed by atoms with van der Waals surface area (Å²) in [6, 6.07) is 13.9. The van der Waals surface area contributed by atoms with E-state index >= 15 is 0 Å². The summed E-state index contributed by atoms with van der Waals surface area (Å²) in [5.74, 6) is 0.381. The van der Waals surface area contributed by atoms with E-state index in [9.17, 15) is 10.2 Å². The molecule has 0 aliphatic rings. The first-order valence-corrected chi connectivity index (χ1v) is 5.83. The Labute approximate surface area is 131 Å². The van der Waals surface area contributed by atoms with Gasteiger partial charge < -0.3 is 10.2 Å². The van der Waals surface area contributed by atoms with Gasteiger partial charge in [-0.15, -0.1) is 0 Å². The number of aliphatic imine (C=N–C) groups is 2. The summed E-state index contributed by atoms with van der Waals surface area (Å²) in [6.45, 7) is 0.239. The van der Waals surface area contributed by atoms with E-state index in [-0.39, 0.29) is 39.2 Å². The number of rotatable bonds is 4. The van der Waals surface area contributed by atoms with Gasteiger partial charge in [-0.25, -0.2) is 0 Å². The van der Waals surface area contributed by atoms with Gasteiger partial charge in [0.15, 0.2) is 0 Å². The first-order valence-electron chi connectivity index (χ1n) is 5.83. The number of hydrogen-bond donors (Lipinski definition) is 2. The third-order valence-corrected chi connectivity index (χ3v) is 2.50. The summed E-state index contributed by atoms with van der Waals surface area (Å²) in [7, 11) is 0. The van der Waals surface area contributed by atoms with Crippen LogP contribution in [0.25, 0.3) is 0 Å². The van der Waals surface area contributed by atoms with Crippen molar-refractivity contribution in [1.82, 2.24) is 0 Å². The molecule has 2 N–H and O–H groups in total. The number of nitrogens with zero attached hydrogens (tertiary/aromatic N) is 2. The molecule has 5 heteroatoms. The molecule has 0 aliphatic heterocycles.